The molecule has 0 unspecified atom stereocenters. The Labute approximate surface area is 139 Å². The van der Waals surface area contributed by atoms with E-state index in [0.717, 1.165) is 16.5 Å². The summed E-state index contributed by atoms with van der Waals surface area (Å²) in [5.41, 5.74) is 3.13. The Morgan fingerprint density at radius 3 is 2.29 bits per heavy atom. The molecule has 0 saturated heterocycles. The summed E-state index contributed by atoms with van der Waals surface area (Å²) in [5, 5.41) is 1.03. The third-order valence-electron chi connectivity index (χ3n) is 4.13. The van der Waals surface area contributed by atoms with Gasteiger partial charge in [0.25, 0.3) is 0 Å². The van der Waals surface area contributed by atoms with Gasteiger partial charge < -0.3 is 0 Å². The summed E-state index contributed by atoms with van der Waals surface area (Å²) in [6, 6.07) is 19.0. The van der Waals surface area contributed by atoms with Crippen molar-refractivity contribution < 1.29 is 4.79 Å². The first-order chi connectivity index (χ1) is 11.8. The standard InChI is InChI=1S/C20H15N3O/c1-14-16-10-5-6-11-17(16)23(20-21-12-7-13-22-20)18(14)19(24)15-8-3-2-4-9-15/h2-13H,1H3. The lowest BCUT2D eigenvalue weighted by atomic mass is 10.0. The number of aromatic nitrogens is 3. The third-order valence-corrected chi connectivity index (χ3v) is 4.13. The second kappa shape index (κ2) is 5.74. The van der Waals surface area contributed by atoms with E-state index in [2.05, 4.69) is 9.97 Å². The summed E-state index contributed by atoms with van der Waals surface area (Å²) in [6.45, 7) is 1.97. The van der Waals surface area contributed by atoms with Crippen molar-refractivity contribution in [3.05, 3.63) is 89.9 Å². The molecule has 4 nitrogen and oxygen atoms in total. The molecule has 4 heteroatoms. The van der Waals surface area contributed by atoms with Crippen LogP contribution in [0.1, 0.15) is 21.6 Å². The molecule has 4 rings (SSSR count). The van der Waals surface area contributed by atoms with Gasteiger partial charge in [0.15, 0.2) is 0 Å². The van der Waals surface area contributed by atoms with Gasteiger partial charge in [0.05, 0.1) is 5.52 Å². The summed E-state index contributed by atoms with van der Waals surface area (Å²) in [7, 11) is 0. The lowest BCUT2D eigenvalue weighted by Crippen LogP contribution is -2.12. The molecule has 2 heterocycles. The Balaban J connectivity index is 2.05. The highest BCUT2D eigenvalue weighted by Crippen LogP contribution is 2.29. The highest BCUT2D eigenvalue weighted by molar-refractivity contribution is 6.12. The zero-order valence-corrected chi connectivity index (χ0v) is 13.2. The number of benzene rings is 2. The molecule has 0 fully saturated rings. The molecule has 0 atom stereocenters. The minimum atomic E-state index is -0.0308. The summed E-state index contributed by atoms with van der Waals surface area (Å²) in [4.78, 5) is 21.9. The fourth-order valence-electron chi connectivity index (χ4n) is 3.01. The number of carbonyl (C=O) groups is 1. The van der Waals surface area contributed by atoms with Crippen LogP contribution in [0.3, 0.4) is 0 Å². The van der Waals surface area contributed by atoms with Crippen LogP contribution in [0.2, 0.25) is 0 Å². The highest BCUT2D eigenvalue weighted by Gasteiger charge is 2.23. The Morgan fingerprint density at radius 2 is 1.54 bits per heavy atom. The van der Waals surface area contributed by atoms with Crippen LogP contribution in [0.4, 0.5) is 0 Å². The van der Waals surface area contributed by atoms with Gasteiger partial charge in [0.2, 0.25) is 11.7 Å². The van der Waals surface area contributed by atoms with E-state index < -0.39 is 0 Å². The van der Waals surface area contributed by atoms with Gasteiger partial charge in [-0.1, -0.05) is 48.5 Å². The van der Waals surface area contributed by atoms with Gasteiger partial charge in [-0.25, -0.2) is 9.97 Å². The van der Waals surface area contributed by atoms with Crippen molar-refractivity contribution in [1.29, 1.82) is 0 Å². The average molecular weight is 313 g/mol. The lowest BCUT2D eigenvalue weighted by Gasteiger charge is -2.09. The van der Waals surface area contributed by atoms with E-state index in [1.165, 1.54) is 0 Å². The molecule has 24 heavy (non-hydrogen) atoms. The fraction of sp³-hybridized carbons (Fsp3) is 0.0500. The molecule has 0 N–H and O–H groups in total. The Kier molecular flexibility index (Phi) is 3.43. The molecule has 0 aliphatic carbocycles. The van der Waals surface area contributed by atoms with Crippen molar-refractivity contribution in [2.24, 2.45) is 0 Å². The molecule has 0 amide bonds. The average Bonchev–Trinajstić information content (AvgIpc) is 2.95. The van der Waals surface area contributed by atoms with Crippen LogP contribution in [0.25, 0.3) is 16.9 Å². The van der Waals surface area contributed by atoms with Gasteiger partial charge in [-0.15, -0.1) is 0 Å². The van der Waals surface area contributed by atoms with Gasteiger partial charge in [-0.05, 0) is 24.6 Å². The van der Waals surface area contributed by atoms with Gasteiger partial charge in [-0.3, -0.25) is 9.36 Å². The van der Waals surface area contributed by atoms with E-state index in [4.69, 9.17) is 0 Å². The fourth-order valence-corrected chi connectivity index (χ4v) is 3.01. The monoisotopic (exact) mass is 313 g/mol. The Hall–Kier alpha value is -3.27. The summed E-state index contributed by atoms with van der Waals surface area (Å²) in [5.74, 6) is 0.470. The van der Waals surface area contributed by atoms with Crippen molar-refractivity contribution in [3.8, 4) is 5.95 Å². The van der Waals surface area contributed by atoms with Crippen LogP contribution in [0.15, 0.2) is 73.1 Å². The summed E-state index contributed by atoms with van der Waals surface area (Å²) >= 11 is 0. The highest BCUT2D eigenvalue weighted by atomic mass is 16.1. The van der Waals surface area contributed by atoms with Crippen LogP contribution >= 0.6 is 0 Å². The Morgan fingerprint density at radius 1 is 0.875 bits per heavy atom. The second-order valence-corrected chi connectivity index (χ2v) is 5.57. The number of aryl methyl sites for hydroxylation is 1. The molecular weight excluding hydrogens is 298 g/mol. The van der Waals surface area contributed by atoms with E-state index in [-0.39, 0.29) is 5.78 Å². The van der Waals surface area contributed by atoms with Crippen LogP contribution < -0.4 is 0 Å². The zero-order chi connectivity index (χ0) is 16.5. The first kappa shape index (κ1) is 14.3. The number of rotatable bonds is 3. The molecule has 0 radical (unpaired) electrons. The quantitative estimate of drug-likeness (QED) is 0.538. The smallest absolute Gasteiger partial charge is 0.234 e. The summed E-state index contributed by atoms with van der Waals surface area (Å²) < 4.78 is 1.85. The van der Waals surface area contributed by atoms with Gasteiger partial charge >= 0.3 is 0 Å². The number of para-hydroxylation sites is 1. The topological polar surface area (TPSA) is 47.8 Å². The summed E-state index contributed by atoms with van der Waals surface area (Å²) in [6.07, 6.45) is 3.37. The third kappa shape index (κ3) is 2.20. The van der Waals surface area contributed by atoms with Crippen molar-refractivity contribution >= 4 is 16.7 Å². The first-order valence-electron chi connectivity index (χ1n) is 7.74. The number of hydrogen-bond donors (Lipinski definition) is 0. The number of hydrogen-bond acceptors (Lipinski definition) is 3. The number of carbonyl (C=O) groups excluding carboxylic acids is 1. The van der Waals surface area contributed by atoms with E-state index in [0.29, 0.717) is 17.2 Å². The molecule has 0 saturated carbocycles. The van der Waals surface area contributed by atoms with E-state index in [1.807, 2.05) is 66.1 Å². The maximum absolute atomic E-state index is 13.2. The van der Waals surface area contributed by atoms with Crippen LogP contribution in [0, 0.1) is 6.92 Å². The molecule has 2 aromatic carbocycles. The van der Waals surface area contributed by atoms with E-state index >= 15 is 0 Å². The van der Waals surface area contributed by atoms with Crippen LogP contribution in [-0.2, 0) is 0 Å². The maximum Gasteiger partial charge on any atom is 0.234 e. The second-order valence-electron chi connectivity index (χ2n) is 5.57. The minimum absolute atomic E-state index is 0.0308. The molecular formula is C20H15N3O. The predicted molar refractivity (Wildman–Crippen MR) is 93.5 cm³/mol. The number of nitrogens with zero attached hydrogens (tertiary/aromatic N) is 3. The van der Waals surface area contributed by atoms with Crippen molar-refractivity contribution in [2.75, 3.05) is 0 Å². The van der Waals surface area contributed by atoms with Crippen molar-refractivity contribution in [3.63, 3.8) is 0 Å². The molecule has 0 spiro atoms. The minimum Gasteiger partial charge on any atom is -0.287 e. The van der Waals surface area contributed by atoms with Gasteiger partial charge in [0, 0.05) is 23.3 Å². The van der Waals surface area contributed by atoms with Crippen molar-refractivity contribution in [2.45, 2.75) is 6.92 Å². The predicted octanol–water partition coefficient (Wildman–Crippen LogP) is 3.96. The van der Waals surface area contributed by atoms with Crippen LogP contribution in [0.5, 0.6) is 0 Å². The van der Waals surface area contributed by atoms with Gasteiger partial charge in [0.1, 0.15) is 5.69 Å². The van der Waals surface area contributed by atoms with Crippen LogP contribution in [-0.4, -0.2) is 20.3 Å². The largest absolute Gasteiger partial charge is 0.287 e. The van der Waals surface area contributed by atoms with Gasteiger partial charge in [-0.2, -0.15) is 0 Å². The lowest BCUT2D eigenvalue weighted by molar-refractivity contribution is 0.103. The molecule has 0 aliphatic heterocycles. The molecule has 0 bridgehead atoms. The molecule has 2 aromatic heterocycles. The Bertz CT molecular complexity index is 1020. The van der Waals surface area contributed by atoms with E-state index in [9.17, 15) is 4.79 Å². The normalized spacial score (nSPS) is 10.9. The number of fused-ring (bicyclic) bond motifs is 1. The van der Waals surface area contributed by atoms with Crippen molar-refractivity contribution in [1.82, 2.24) is 14.5 Å². The SMILES string of the molecule is Cc1c(C(=O)c2ccccc2)n(-c2ncccn2)c2ccccc12. The maximum atomic E-state index is 13.2. The van der Waals surface area contributed by atoms with E-state index in [1.54, 1.807) is 18.5 Å². The molecule has 0 aliphatic rings. The number of ketones is 1. The molecule has 4 aromatic rings. The first-order valence-corrected chi connectivity index (χ1v) is 7.74. The molecule has 116 valence electrons. The zero-order valence-electron chi connectivity index (χ0n) is 13.2.